The molecule has 3 heterocycles. The van der Waals surface area contributed by atoms with Crippen molar-refractivity contribution in [2.24, 2.45) is 11.0 Å². The van der Waals surface area contributed by atoms with Crippen LogP contribution >= 0.6 is 0 Å². The van der Waals surface area contributed by atoms with E-state index < -0.39 is 0 Å². The second kappa shape index (κ2) is 6.64. The van der Waals surface area contributed by atoms with E-state index in [1.807, 2.05) is 12.1 Å². The Bertz CT molecular complexity index is 578. The number of azide groups is 1. The minimum atomic E-state index is 0.0322. The monoisotopic (exact) mass is 302 g/mol. The molecular weight excluding hydrogens is 284 g/mol. The van der Waals surface area contributed by atoms with Gasteiger partial charge in [-0.25, -0.2) is 4.98 Å². The Kier molecular flexibility index (Phi) is 4.41. The van der Waals surface area contributed by atoms with Crippen molar-refractivity contribution in [3.8, 4) is 0 Å². The summed E-state index contributed by atoms with van der Waals surface area (Å²) in [7, 11) is 0. The second-order valence-electron chi connectivity index (χ2n) is 5.46. The predicted octanol–water partition coefficient (Wildman–Crippen LogP) is 1.58. The zero-order valence-electron chi connectivity index (χ0n) is 12.3. The number of carbonyl (C=O) groups is 1. The van der Waals surface area contributed by atoms with Gasteiger partial charge in [0.15, 0.2) is 0 Å². The molecule has 2 saturated heterocycles. The van der Waals surface area contributed by atoms with E-state index in [1.165, 1.54) is 0 Å². The largest absolute Gasteiger partial charge is 0.378 e. The zero-order valence-corrected chi connectivity index (χ0v) is 12.3. The smallest absolute Gasteiger partial charge is 0.228 e. The number of pyridine rings is 1. The molecule has 0 spiro atoms. The summed E-state index contributed by atoms with van der Waals surface area (Å²) in [5.74, 6) is 0.763. The van der Waals surface area contributed by atoms with E-state index in [4.69, 9.17) is 10.3 Å². The number of amides is 1. The molecule has 116 valence electrons. The first-order valence-electron chi connectivity index (χ1n) is 7.38. The van der Waals surface area contributed by atoms with Gasteiger partial charge in [-0.2, -0.15) is 0 Å². The van der Waals surface area contributed by atoms with Crippen molar-refractivity contribution in [2.45, 2.75) is 6.42 Å². The molecule has 0 bridgehead atoms. The molecule has 0 aliphatic carbocycles. The second-order valence-corrected chi connectivity index (χ2v) is 5.46. The number of hydrogen-bond acceptors (Lipinski definition) is 5. The number of nitrogens with zero attached hydrogens (tertiary/aromatic N) is 6. The summed E-state index contributed by atoms with van der Waals surface area (Å²) >= 11 is 0. The molecule has 1 aromatic heterocycles. The van der Waals surface area contributed by atoms with Gasteiger partial charge in [0.1, 0.15) is 5.82 Å². The van der Waals surface area contributed by atoms with Gasteiger partial charge in [0, 0.05) is 37.5 Å². The van der Waals surface area contributed by atoms with Crippen LogP contribution in [0.2, 0.25) is 0 Å². The fourth-order valence-corrected chi connectivity index (χ4v) is 2.82. The summed E-state index contributed by atoms with van der Waals surface area (Å²) in [6, 6.07) is 3.86. The van der Waals surface area contributed by atoms with E-state index in [2.05, 4.69) is 19.9 Å². The lowest BCUT2D eigenvalue weighted by Gasteiger charge is -2.28. The Morgan fingerprint density at radius 1 is 1.41 bits per heavy atom. The van der Waals surface area contributed by atoms with Gasteiger partial charge >= 0.3 is 0 Å². The highest BCUT2D eigenvalue weighted by Gasteiger charge is 2.30. The molecule has 1 amide bonds. The van der Waals surface area contributed by atoms with Crippen LogP contribution in [0.3, 0.4) is 0 Å². The fraction of sp³-hybridized carbons (Fsp3) is 0.571. The number of anilines is 2. The molecule has 22 heavy (non-hydrogen) atoms. The van der Waals surface area contributed by atoms with Crippen LogP contribution in [0.25, 0.3) is 10.4 Å². The van der Waals surface area contributed by atoms with Crippen molar-refractivity contribution in [1.82, 2.24) is 4.98 Å². The summed E-state index contributed by atoms with van der Waals surface area (Å²) in [4.78, 5) is 23.1. The molecule has 0 aromatic carbocycles. The van der Waals surface area contributed by atoms with Crippen LogP contribution in [0.15, 0.2) is 23.4 Å². The topological polar surface area (TPSA) is 94.4 Å². The molecule has 8 nitrogen and oxygen atoms in total. The fourth-order valence-electron chi connectivity index (χ4n) is 2.82. The Hall–Kier alpha value is -2.31. The number of hydrogen-bond donors (Lipinski definition) is 0. The van der Waals surface area contributed by atoms with Gasteiger partial charge in [-0.3, -0.25) is 9.69 Å². The molecule has 0 radical (unpaired) electrons. The molecule has 2 aliphatic heterocycles. The molecule has 0 N–H and O–H groups in total. The quantitative estimate of drug-likeness (QED) is 0.479. The van der Waals surface area contributed by atoms with Crippen molar-refractivity contribution in [3.05, 3.63) is 28.8 Å². The van der Waals surface area contributed by atoms with Crippen molar-refractivity contribution in [3.63, 3.8) is 0 Å². The maximum atomic E-state index is 12.1. The van der Waals surface area contributed by atoms with Crippen LogP contribution in [0, 0.1) is 5.92 Å². The van der Waals surface area contributed by atoms with Crippen LogP contribution in [0.4, 0.5) is 11.5 Å². The Morgan fingerprint density at radius 2 is 2.23 bits per heavy atom. The summed E-state index contributed by atoms with van der Waals surface area (Å²) in [6.07, 6.45) is 2.21. The Balaban J connectivity index is 1.67. The number of aromatic nitrogens is 1. The first kappa shape index (κ1) is 14.6. The van der Waals surface area contributed by atoms with Gasteiger partial charge in [-0.15, -0.1) is 0 Å². The predicted molar refractivity (Wildman–Crippen MR) is 81.7 cm³/mol. The maximum Gasteiger partial charge on any atom is 0.228 e. The zero-order chi connectivity index (χ0) is 15.4. The highest BCUT2D eigenvalue weighted by Crippen LogP contribution is 2.25. The lowest BCUT2D eigenvalue weighted by Crippen LogP contribution is -2.36. The number of rotatable bonds is 4. The van der Waals surface area contributed by atoms with Gasteiger partial charge in [-0.05, 0) is 23.6 Å². The molecule has 1 unspecified atom stereocenters. The molecule has 1 aromatic rings. The van der Waals surface area contributed by atoms with Crippen LogP contribution in [-0.2, 0) is 9.53 Å². The molecule has 0 saturated carbocycles. The normalized spacial score (nSPS) is 21.8. The van der Waals surface area contributed by atoms with E-state index in [0.29, 0.717) is 25.3 Å². The van der Waals surface area contributed by atoms with Crippen molar-refractivity contribution in [1.29, 1.82) is 0 Å². The standard InChI is InChI=1S/C14H18N6O2/c15-18-17-8-11-7-14(21)20(10-11)13-2-1-12(9-16-13)19-3-5-22-6-4-19/h1-2,9,11H,3-8,10H2. The molecular formula is C14H18N6O2. The van der Waals surface area contributed by atoms with Crippen LogP contribution in [0.1, 0.15) is 6.42 Å². The highest BCUT2D eigenvalue weighted by molar-refractivity contribution is 5.94. The van der Waals surface area contributed by atoms with Gasteiger partial charge < -0.3 is 9.64 Å². The molecule has 3 rings (SSSR count). The molecule has 1 atom stereocenters. The summed E-state index contributed by atoms with van der Waals surface area (Å²) < 4.78 is 5.33. The summed E-state index contributed by atoms with van der Waals surface area (Å²) in [5, 5.41) is 3.55. The number of morpholine rings is 1. The Morgan fingerprint density at radius 3 is 2.91 bits per heavy atom. The van der Waals surface area contributed by atoms with Gasteiger partial charge in [0.2, 0.25) is 5.91 Å². The van der Waals surface area contributed by atoms with E-state index in [-0.39, 0.29) is 11.8 Å². The molecule has 2 aliphatic rings. The number of ether oxygens (including phenoxy) is 1. The third-order valence-corrected chi connectivity index (χ3v) is 3.99. The third kappa shape index (κ3) is 3.13. The molecule has 2 fully saturated rings. The van der Waals surface area contributed by atoms with Crippen molar-refractivity contribution < 1.29 is 9.53 Å². The summed E-state index contributed by atoms with van der Waals surface area (Å²) in [6.45, 7) is 4.09. The van der Waals surface area contributed by atoms with Crippen LogP contribution in [-0.4, -0.2) is 50.3 Å². The first-order chi connectivity index (χ1) is 10.8. The average molecular weight is 302 g/mol. The van der Waals surface area contributed by atoms with Gasteiger partial charge in [0.05, 0.1) is 25.1 Å². The van der Waals surface area contributed by atoms with Gasteiger partial charge in [0.25, 0.3) is 0 Å². The first-order valence-corrected chi connectivity index (χ1v) is 7.38. The van der Waals surface area contributed by atoms with E-state index >= 15 is 0 Å². The van der Waals surface area contributed by atoms with Crippen molar-refractivity contribution in [2.75, 3.05) is 49.2 Å². The van der Waals surface area contributed by atoms with E-state index in [9.17, 15) is 4.79 Å². The van der Waals surface area contributed by atoms with Crippen molar-refractivity contribution >= 4 is 17.4 Å². The van der Waals surface area contributed by atoms with E-state index in [1.54, 1.807) is 11.1 Å². The minimum absolute atomic E-state index is 0.0322. The lowest BCUT2D eigenvalue weighted by molar-refractivity contribution is -0.117. The van der Waals surface area contributed by atoms with Crippen LogP contribution < -0.4 is 9.80 Å². The SMILES string of the molecule is [N-]=[N+]=NCC1CC(=O)N(c2ccc(N3CCOCC3)cn2)C1. The van der Waals surface area contributed by atoms with E-state index in [0.717, 1.165) is 32.0 Å². The minimum Gasteiger partial charge on any atom is -0.378 e. The maximum absolute atomic E-state index is 12.1. The van der Waals surface area contributed by atoms with Gasteiger partial charge in [-0.1, -0.05) is 5.11 Å². The third-order valence-electron chi connectivity index (χ3n) is 3.99. The van der Waals surface area contributed by atoms with Crippen LogP contribution in [0.5, 0.6) is 0 Å². The lowest BCUT2D eigenvalue weighted by atomic mass is 10.1. The summed E-state index contributed by atoms with van der Waals surface area (Å²) in [5.41, 5.74) is 9.41. The average Bonchev–Trinajstić information content (AvgIpc) is 2.95. The highest BCUT2D eigenvalue weighted by atomic mass is 16.5. The Labute approximate surface area is 128 Å². The number of carbonyl (C=O) groups excluding carboxylic acids is 1. The molecule has 8 heteroatoms.